The molecule has 29 heavy (non-hydrogen) atoms. The molecule has 0 spiro atoms. The molecule has 5 nitrogen and oxygen atoms in total. The van der Waals surface area contributed by atoms with Crippen molar-refractivity contribution in [2.75, 3.05) is 6.54 Å². The Morgan fingerprint density at radius 1 is 1.10 bits per heavy atom. The van der Waals surface area contributed by atoms with Gasteiger partial charge in [0.2, 0.25) is 15.9 Å². The van der Waals surface area contributed by atoms with Crippen molar-refractivity contribution in [3.63, 3.8) is 0 Å². The summed E-state index contributed by atoms with van der Waals surface area (Å²) in [6, 6.07) is 11.6. The smallest absolute Gasteiger partial charge is 0.243 e. The Balaban J connectivity index is 1.87. The van der Waals surface area contributed by atoms with Gasteiger partial charge >= 0.3 is 0 Å². The molecule has 1 aliphatic rings. The summed E-state index contributed by atoms with van der Waals surface area (Å²) in [4.78, 5) is 12.7. The summed E-state index contributed by atoms with van der Waals surface area (Å²) < 4.78 is 27.7. The molecule has 0 bridgehead atoms. The van der Waals surface area contributed by atoms with Crippen molar-refractivity contribution in [1.82, 2.24) is 9.62 Å². The van der Waals surface area contributed by atoms with E-state index in [0.29, 0.717) is 15.6 Å². The van der Waals surface area contributed by atoms with Crippen molar-refractivity contribution >= 4 is 39.1 Å². The van der Waals surface area contributed by atoms with Crippen LogP contribution in [0.1, 0.15) is 36.8 Å². The SMILES string of the molecule is Cc1ccc(S(=O)(=O)N(CC(=O)NC2CCCC2)Cc2ccc(Cl)cc2Cl)cc1. The molecule has 156 valence electrons. The van der Waals surface area contributed by atoms with Crippen LogP contribution < -0.4 is 5.32 Å². The lowest BCUT2D eigenvalue weighted by molar-refractivity contribution is -0.122. The molecule has 1 fully saturated rings. The number of rotatable bonds is 7. The van der Waals surface area contributed by atoms with Gasteiger partial charge in [-0.2, -0.15) is 4.31 Å². The number of sulfonamides is 1. The number of amides is 1. The minimum absolute atomic E-state index is 0.0235. The van der Waals surface area contributed by atoms with Crippen LogP contribution in [0.3, 0.4) is 0 Å². The highest BCUT2D eigenvalue weighted by Gasteiger charge is 2.28. The Bertz CT molecular complexity index is 972. The maximum Gasteiger partial charge on any atom is 0.243 e. The average Bonchev–Trinajstić information content (AvgIpc) is 3.16. The van der Waals surface area contributed by atoms with Crippen LogP contribution in [0.4, 0.5) is 0 Å². The highest BCUT2D eigenvalue weighted by molar-refractivity contribution is 7.89. The van der Waals surface area contributed by atoms with E-state index < -0.39 is 10.0 Å². The van der Waals surface area contributed by atoms with Crippen LogP contribution in [0.15, 0.2) is 47.4 Å². The van der Waals surface area contributed by atoms with E-state index in [1.807, 2.05) is 6.92 Å². The maximum absolute atomic E-state index is 13.3. The van der Waals surface area contributed by atoms with Crippen molar-refractivity contribution in [2.45, 2.75) is 50.1 Å². The standard InChI is InChI=1S/C21H24Cl2N2O3S/c1-15-6-10-19(11-7-15)29(27,28)25(13-16-8-9-17(22)12-20(16)23)14-21(26)24-18-4-2-3-5-18/h6-12,18H,2-5,13-14H2,1H3,(H,24,26). The van der Waals surface area contributed by atoms with Gasteiger partial charge in [-0.15, -0.1) is 0 Å². The van der Waals surface area contributed by atoms with E-state index in [9.17, 15) is 13.2 Å². The fourth-order valence-corrected chi connectivity index (χ4v) is 5.27. The van der Waals surface area contributed by atoms with Gasteiger partial charge in [0.15, 0.2) is 0 Å². The van der Waals surface area contributed by atoms with E-state index in [1.165, 1.54) is 0 Å². The highest BCUT2D eigenvalue weighted by atomic mass is 35.5. The second-order valence-corrected chi connectivity index (χ2v) is 10.2. The minimum atomic E-state index is -3.89. The molecule has 0 saturated heterocycles. The predicted molar refractivity (Wildman–Crippen MR) is 116 cm³/mol. The Hall–Kier alpha value is -1.60. The van der Waals surface area contributed by atoms with Gasteiger partial charge in [0, 0.05) is 22.6 Å². The second kappa shape index (κ2) is 9.47. The van der Waals surface area contributed by atoms with Crippen molar-refractivity contribution in [1.29, 1.82) is 0 Å². The number of hydrogen-bond acceptors (Lipinski definition) is 3. The molecule has 0 radical (unpaired) electrons. The Kier molecular flexibility index (Phi) is 7.22. The average molecular weight is 455 g/mol. The number of halogens is 2. The van der Waals surface area contributed by atoms with E-state index >= 15 is 0 Å². The van der Waals surface area contributed by atoms with Gasteiger partial charge in [0.05, 0.1) is 11.4 Å². The summed E-state index contributed by atoms with van der Waals surface area (Å²) in [5.74, 6) is -0.308. The van der Waals surface area contributed by atoms with E-state index in [0.717, 1.165) is 35.6 Å². The molecule has 2 aromatic rings. The normalized spacial score (nSPS) is 15.0. The molecule has 1 amide bonds. The van der Waals surface area contributed by atoms with Crippen LogP contribution >= 0.6 is 23.2 Å². The first-order valence-corrected chi connectivity index (χ1v) is 11.8. The number of benzene rings is 2. The second-order valence-electron chi connectivity index (χ2n) is 7.37. The van der Waals surface area contributed by atoms with Crippen LogP contribution in [-0.2, 0) is 21.4 Å². The van der Waals surface area contributed by atoms with Crippen LogP contribution in [0.5, 0.6) is 0 Å². The molecule has 1 saturated carbocycles. The van der Waals surface area contributed by atoms with Gasteiger partial charge in [-0.3, -0.25) is 4.79 Å². The number of nitrogens with one attached hydrogen (secondary N) is 1. The third kappa shape index (κ3) is 5.72. The molecule has 0 aromatic heterocycles. The third-order valence-corrected chi connectivity index (χ3v) is 7.45. The molecule has 2 aromatic carbocycles. The first-order valence-electron chi connectivity index (χ1n) is 9.56. The maximum atomic E-state index is 13.3. The summed E-state index contributed by atoms with van der Waals surface area (Å²) >= 11 is 12.2. The van der Waals surface area contributed by atoms with Gasteiger partial charge in [-0.25, -0.2) is 8.42 Å². The lowest BCUT2D eigenvalue weighted by Crippen LogP contribution is -2.43. The molecule has 1 aliphatic carbocycles. The first-order chi connectivity index (χ1) is 13.8. The quantitative estimate of drug-likeness (QED) is 0.666. The van der Waals surface area contributed by atoms with Gasteiger partial charge < -0.3 is 5.32 Å². The van der Waals surface area contributed by atoms with Crippen molar-refractivity contribution < 1.29 is 13.2 Å². The zero-order valence-electron chi connectivity index (χ0n) is 16.2. The zero-order valence-corrected chi connectivity index (χ0v) is 18.5. The molecular formula is C21H24Cl2N2O3S. The van der Waals surface area contributed by atoms with E-state index in [2.05, 4.69) is 5.32 Å². The molecule has 0 aliphatic heterocycles. The number of hydrogen-bond donors (Lipinski definition) is 1. The largest absolute Gasteiger partial charge is 0.352 e. The molecule has 1 N–H and O–H groups in total. The fraction of sp³-hybridized carbons (Fsp3) is 0.381. The van der Waals surface area contributed by atoms with Crippen molar-refractivity contribution in [3.8, 4) is 0 Å². The van der Waals surface area contributed by atoms with E-state index in [-0.39, 0.29) is 29.9 Å². The first kappa shape index (κ1) is 22.1. The summed E-state index contributed by atoms with van der Waals surface area (Å²) in [6.45, 7) is 1.59. The van der Waals surface area contributed by atoms with Crippen LogP contribution in [0.2, 0.25) is 10.0 Å². The van der Waals surface area contributed by atoms with Crippen molar-refractivity contribution in [3.05, 3.63) is 63.6 Å². The molecule has 0 atom stereocenters. The Morgan fingerprint density at radius 2 is 1.76 bits per heavy atom. The summed E-state index contributed by atoms with van der Waals surface area (Å²) in [7, 11) is -3.89. The summed E-state index contributed by atoms with van der Waals surface area (Å²) in [6.07, 6.45) is 4.02. The van der Waals surface area contributed by atoms with Crippen molar-refractivity contribution in [2.24, 2.45) is 0 Å². The van der Waals surface area contributed by atoms with Gasteiger partial charge in [-0.1, -0.05) is 59.8 Å². The van der Waals surface area contributed by atoms with Crippen LogP contribution in [0.25, 0.3) is 0 Å². The lowest BCUT2D eigenvalue weighted by atomic mass is 10.2. The number of nitrogens with zero attached hydrogens (tertiary/aromatic N) is 1. The zero-order chi connectivity index (χ0) is 21.0. The van der Waals surface area contributed by atoms with Crippen LogP contribution in [0, 0.1) is 6.92 Å². The van der Waals surface area contributed by atoms with Gasteiger partial charge in [0.1, 0.15) is 0 Å². The summed E-state index contributed by atoms with van der Waals surface area (Å²) in [5.41, 5.74) is 1.54. The number of carbonyl (C=O) groups excluding carboxylic acids is 1. The molecule has 0 heterocycles. The molecule has 0 unspecified atom stereocenters. The monoisotopic (exact) mass is 454 g/mol. The minimum Gasteiger partial charge on any atom is -0.352 e. The van der Waals surface area contributed by atoms with Crippen LogP contribution in [-0.4, -0.2) is 31.2 Å². The summed E-state index contributed by atoms with van der Waals surface area (Å²) in [5, 5.41) is 3.78. The predicted octanol–water partition coefficient (Wildman–Crippen LogP) is 4.55. The van der Waals surface area contributed by atoms with Gasteiger partial charge in [-0.05, 0) is 49.6 Å². The number of carbonyl (C=O) groups is 1. The molecule has 8 heteroatoms. The lowest BCUT2D eigenvalue weighted by Gasteiger charge is -2.23. The highest BCUT2D eigenvalue weighted by Crippen LogP contribution is 2.25. The molecule has 3 rings (SSSR count). The van der Waals surface area contributed by atoms with Gasteiger partial charge in [0.25, 0.3) is 0 Å². The Morgan fingerprint density at radius 3 is 2.38 bits per heavy atom. The third-order valence-electron chi connectivity index (χ3n) is 5.06. The van der Waals surface area contributed by atoms with E-state index in [1.54, 1.807) is 42.5 Å². The topological polar surface area (TPSA) is 66.5 Å². The number of aryl methyl sites for hydroxylation is 1. The molecular weight excluding hydrogens is 431 g/mol. The Labute approximate surface area is 182 Å². The van der Waals surface area contributed by atoms with E-state index in [4.69, 9.17) is 23.2 Å². The fourth-order valence-electron chi connectivity index (χ4n) is 3.43.